The van der Waals surface area contributed by atoms with Crippen molar-refractivity contribution in [2.75, 3.05) is 6.54 Å². The lowest BCUT2D eigenvalue weighted by Gasteiger charge is -2.39. The molecule has 0 saturated heterocycles. The van der Waals surface area contributed by atoms with E-state index in [1.165, 1.54) is 11.1 Å². The number of ether oxygens (including phenoxy) is 1. The second-order valence-electron chi connectivity index (χ2n) is 10.2. The number of hydrogen-bond acceptors (Lipinski definition) is 3. The number of rotatable bonds is 7. The molecular formula is C29H36N2O3. The Balaban J connectivity index is 1.46. The molecule has 5 heteroatoms. The van der Waals surface area contributed by atoms with Crippen LogP contribution < -0.4 is 10.1 Å². The molecule has 2 saturated carbocycles. The predicted octanol–water partition coefficient (Wildman–Crippen LogP) is 5.10. The Hall–Kier alpha value is -2.82. The number of benzene rings is 2. The fourth-order valence-electron chi connectivity index (χ4n) is 5.43. The Morgan fingerprint density at radius 3 is 2.47 bits per heavy atom. The minimum Gasteiger partial charge on any atom is -0.481 e. The molecule has 1 aliphatic heterocycles. The van der Waals surface area contributed by atoms with Gasteiger partial charge in [-0.15, -0.1) is 0 Å². The van der Waals surface area contributed by atoms with E-state index in [2.05, 4.69) is 53.5 Å². The maximum absolute atomic E-state index is 13.6. The van der Waals surface area contributed by atoms with Gasteiger partial charge in [-0.25, -0.2) is 0 Å². The van der Waals surface area contributed by atoms with Crippen LogP contribution in [0.25, 0.3) is 0 Å². The lowest BCUT2D eigenvalue weighted by molar-refractivity contribution is -0.137. The summed E-state index contributed by atoms with van der Waals surface area (Å²) in [6.45, 7) is 4.80. The number of nitrogens with zero attached hydrogens (tertiary/aromatic N) is 1. The van der Waals surface area contributed by atoms with Crippen molar-refractivity contribution in [1.29, 1.82) is 0 Å². The number of nitrogens with one attached hydrogen (secondary N) is 1. The van der Waals surface area contributed by atoms with E-state index in [1.807, 2.05) is 13.0 Å². The number of amides is 2. The van der Waals surface area contributed by atoms with Gasteiger partial charge in [0.1, 0.15) is 5.75 Å². The van der Waals surface area contributed by atoms with Gasteiger partial charge >= 0.3 is 0 Å². The highest BCUT2D eigenvalue weighted by molar-refractivity contribution is 5.82. The first kappa shape index (κ1) is 22.9. The van der Waals surface area contributed by atoms with Crippen molar-refractivity contribution in [1.82, 2.24) is 10.2 Å². The molecule has 2 aromatic rings. The van der Waals surface area contributed by atoms with Gasteiger partial charge in [0.05, 0.1) is 6.04 Å². The van der Waals surface area contributed by atoms with E-state index in [0.29, 0.717) is 18.2 Å². The van der Waals surface area contributed by atoms with Crippen molar-refractivity contribution >= 4 is 11.8 Å². The molecule has 0 unspecified atom stereocenters. The summed E-state index contributed by atoms with van der Waals surface area (Å²) in [5, 5.41) is 3.06. The molecule has 5 nitrogen and oxygen atoms in total. The van der Waals surface area contributed by atoms with Gasteiger partial charge in [-0.1, -0.05) is 55.7 Å². The Labute approximate surface area is 202 Å². The number of aryl methyl sites for hydroxylation is 1. The summed E-state index contributed by atoms with van der Waals surface area (Å²) in [4.78, 5) is 28.3. The topological polar surface area (TPSA) is 58.6 Å². The molecule has 0 bridgehead atoms. The van der Waals surface area contributed by atoms with Crippen LogP contribution in [-0.2, 0) is 16.0 Å². The minimum absolute atomic E-state index is 0.0316. The highest BCUT2D eigenvalue weighted by atomic mass is 16.5. The average molecular weight is 461 g/mol. The Morgan fingerprint density at radius 1 is 1.06 bits per heavy atom. The first-order valence-corrected chi connectivity index (χ1v) is 13.0. The molecule has 2 amide bonds. The van der Waals surface area contributed by atoms with Crippen LogP contribution in [0.1, 0.15) is 80.2 Å². The van der Waals surface area contributed by atoms with Gasteiger partial charge in [0.2, 0.25) is 5.91 Å². The van der Waals surface area contributed by atoms with Crippen LogP contribution in [0.2, 0.25) is 0 Å². The molecule has 3 aliphatic rings. The van der Waals surface area contributed by atoms with Gasteiger partial charge < -0.3 is 15.0 Å². The third kappa shape index (κ3) is 4.84. The van der Waals surface area contributed by atoms with E-state index in [-0.39, 0.29) is 23.8 Å². The second-order valence-corrected chi connectivity index (χ2v) is 10.2. The summed E-state index contributed by atoms with van der Waals surface area (Å²) in [6.07, 6.45) is 7.37. The Kier molecular flexibility index (Phi) is 6.62. The molecule has 2 fully saturated rings. The van der Waals surface area contributed by atoms with Gasteiger partial charge in [-0.2, -0.15) is 0 Å². The lowest BCUT2D eigenvalue weighted by Crippen LogP contribution is -2.43. The van der Waals surface area contributed by atoms with Crippen molar-refractivity contribution in [3.63, 3.8) is 0 Å². The van der Waals surface area contributed by atoms with Gasteiger partial charge in [0.15, 0.2) is 6.10 Å². The molecule has 0 radical (unpaired) electrons. The van der Waals surface area contributed by atoms with Crippen LogP contribution in [0.5, 0.6) is 5.75 Å². The molecule has 0 spiro atoms. The standard InChI is InChI=1S/C29H36N2O3/c1-3-26(28(32)30-23-13-14-23)34-24-15-12-20-16-17-31(29(33)22-6-4-5-7-22)27(25(20)18-24)21-10-8-19(2)9-11-21/h8-12,15,18,22-23,26-27H,3-7,13-14,16-17H2,1-2H3,(H,30,32)/t26-,27+/m0/s1. The quantitative estimate of drug-likeness (QED) is 0.626. The van der Waals surface area contributed by atoms with Crippen molar-refractivity contribution in [2.24, 2.45) is 5.92 Å². The smallest absolute Gasteiger partial charge is 0.261 e. The van der Waals surface area contributed by atoms with E-state index in [9.17, 15) is 9.59 Å². The summed E-state index contributed by atoms with van der Waals surface area (Å²) in [5.41, 5.74) is 4.71. The highest BCUT2D eigenvalue weighted by Crippen LogP contribution is 2.40. The largest absolute Gasteiger partial charge is 0.481 e. The molecule has 1 heterocycles. The molecular weight excluding hydrogens is 424 g/mol. The third-order valence-corrected chi connectivity index (χ3v) is 7.59. The van der Waals surface area contributed by atoms with Gasteiger partial charge in [-0.3, -0.25) is 9.59 Å². The average Bonchev–Trinajstić information content (AvgIpc) is 3.49. The fourth-order valence-corrected chi connectivity index (χ4v) is 5.43. The lowest BCUT2D eigenvalue weighted by atomic mass is 9.86. The zero-order valence-corrected chi connectivity index (χ0v) is 20.4. The summed E-state index contributed by atoms with van der Waals surface area (Å²) in [6, 6.07) is 14.9. The van der Waals surface area contributed by atoms with Crippen molar-refractivity contribution in [2.45, 2.75) is 83.4 Å². The first-order chi connectivity index (χ1) is 16.5. The summed E-state index contributed by atoms with van der Waals surface area (Å²) in [5.74, 6) is 1.10. The third-order valence-electron chi connectivity index (χ3n) is 7.59. The molecule has 2 atom stereocenters. The SMILES string of the molecule is CC[C@H](Oc1ccc2c(c1)[C@@H](c1ccc(C)cc1)N(C(=O)C1CCCC1)CC2)C(=O)NC1CC1. The summed E-state index contributed by atoms with van der Waals surface area (Å²) < 4.78 is 6.20. The number of fused-ring (bicyclic) bond motifs is 1. The number of carbonyl (C=O) groups excluding carboxylic acids is 2. The van der Waals surface area contributed by atoms with Crippen molar-refractivity contribution < 1.29 is 14.3 Å². The van der Waals surface area contributed by atoms with E-state index in [4.69, 9.17) is 4.74 Å². The van der Waals surface area contributed by atoms with Crippen molar-refractivity contribution in [3.8, 4) is 5.75 Å². The molecule has 2 aromatic carbocycles. The first-order valence-electron chi connectivity index (χ1n) is 13.0. The molecule has 34 heavy (non-hydrogen) atoms. The Morgan fingerprint density at radius 2 is 1.79 bits per heavy atom. The monoisotopic (exact) mass is 460 g/mol. The molecule has 2 aliphatic carbocycles. The summed E-state index contributed by atoms with van der Waals surface area (Å²) >= 11 is 0. The molecule has 5 rings (SSSR count). The predicted molar refractivity (Wildman–Crippen MR) is 133 cm³/mol. The fraction of sp³-hybridized carbons (Fsp3) is 0.517. The zero-order valence-electron chi connectivity index (χ0n) is 20.4. The van der Waals surface area contributed by atoms with Crippen LogP contribution in [0.3, 0.4) is 0 Å². The normalized spacial score (nSPS) is 21.1. The second kappa shape index (κ2) is 9.81. The molecule has 0 aromatic heterocycles. The van der Waals surface area contributed by atoms with Crippen LogP contribution in [0.15, 0.2) is 42.5 Å². The van der Waals surface area contributed by atoms with Crippen LogP contribution in [-0.4, -0.2) is 35.4 Å². The van der Waals surface area contributed by atoms with Crippen LogP contribution in [0, 0.1) is 12.8 Å². The summed E-state index contributed by atoms with van der Waals surface area (Å²) in [7, 11) is 0. The molecule has 1 N–H and O–H groups in total. The maximum Gasteiger partial charge on any atom is 0.261 e. The number of hydrogen-bond donors (Lipinski definition) is 1. The minimum atomic E-state index is -0.503. The van der Waals surface area contributed by atoms with E-state index >= 15 is 0 Å². The van der Waals surface area contributed by atoms with Gasteiger partial charge in [-0.05, 0) is 74.3 Å². The van der Waals surface area contributed by atoms with E-state index < -0.39 is 6.10 Å². The maximum atomic E-state index is 13.6. The zero-order chi connectivity index (χ0) is 23.7. The van der Waals surface area contributed by atoms with Crippen LogP contribution >= 0.6 is 0 Å². The van der Waals surface area contributed by atoms with Gasteiger partial charge in [0.25, 0.3) is 5.91 Å². The van der Waals surface area contributed by atoms with Crippen LogP contribution in [0.4, 0.5) is 0 Å². The van der Waals surface area contributed by atoms with E-state index in [1.54, 1.807) is 0 Å². The van der Waals surface area contributed by atoms with Crippen molar-refractivity contribution in [3.05, 3.63) is 64.7 Å². The highest BCUT2D eigenvalue weighted by Gasteiger charge is 2.36. The Bertz CT molecular complexity index is 1040. The van der Waals surface area contributed by atoms with E-state index in [0.717, 1.165) is 62.6 Å². The van der Waals surface area contributed by atoms with Gasteiger partial charge in [0, 0.05) is 18.5 Å². The number of carbonyl (C=O) groups is 2. The molecule has 180 valence electrons.